The zero-order valence-electron chi connectivity index (χ0n) is 7.55. The van der Waals surface area contributed by atoms with Crippen LogP contribution in [0, 0.1) is 10.1 Å². The molecule has 0 aliphatic rings. The van der Waals surface area contributed by atoms with E-state index in [2.05, 4.69) is 4.52 Å². The molecule has 0 amide bonds. The summed E-state index contributed by atoms with van der Waals surface area (Å²) in [5.41, 5.74) is -0.490. The largest absolute Gasteiger partial charge is 0.525 e. The van der Waals surface area contributed by atoms with E-state index in [1.807, 2.05) is 0 Å². The van der Waals surface area contributed by atoms with E-state index in [-0.39, 0.29) is 24.8 Å². The van der Waals surface area contributed by atoms with Crippen molar-refractivity contribution < 1.29 is 23.8 Å². The van der Waals surface area contributed by atoms with E-state index >= 15 is 0 Å². The molecule has 0 spiro atoms. The average Bonchev–Trinajstić information content (AvgIpc) is 2.01. The summed E-state index contributed by atoms with van der Waals surface area (Å²) in [7, 11) is -4.76. The Bertz CT molecular complexity index is 408. The van der Waals surface area contributed by atoms with E-state index in [1.165, 1.54) is 12.1 Å². The van der Waals surface area contributed by atoms with E-state index in [9.17, 15) is 14.7 Å². The van der Waals surface area contributed by atoms with Crippen LogP contribution in [0.4, 0.5) is 5.69 Å². The highest BCUT2D eigenvalue weighted by molar-refractivity contribution is 7.46. The minimum Gasteiger partial charge on any atom is -0.397 e. The molecule has 0 aliphatic carbocycles. The Morgan fingerprint density at radius 3 is 2.19 bits per heavy atom. The number of hydrogen-bond donors (Lipinski definition) is 2. The minimum atomic E-state index is -4.76. The zero-order valence-corrected chi connectivity index (χ0v) is 10.1. The van der Waals surface area contributed by atoms with Gasteiger partial charge in [-0.05, 0) is 6.07 Å². The first-order valence-electron chi connectivity index (χ1n) is 3.39. The van der Waals surface area contributed by atoms with Crippen molar-refractivity contribution >= 4 is 38.3 Å². The topological polar surface area (TPSA) is 110 Å². The van der Waals surface area contributed by atoms with E-state index in [0.29, 0.717) is 0 Å². The molecule has 16 heavy (non-hydrogen) atoms. The normalized spacial score (nSPS) is 9.62. The monoisotopic (exact) mass is 291 g/mol. The van der Waals surface area contributed by atoms with Crippen LogP contribution in [0.2, 0.25) is 0 Å². The lowest BCUT2D eigenvalue weighted by Gasteiger charge is -2.05. The Hall–Kier alpha value is -0.850. The van der Waals surface area contributed by atoms with Gasteiger partial charge in [-0.2, -0.15) is 0 Å². The van der Waals surface area contributed by atoms with E-state index in [4.69, 9.17) is 9.79 Å². The van der Waals surface area contributed by atoms with Crippen molar-refractivity contribution in [3.63, 3.8) is 0 Å². The Labute approximate surface area is 103 Å². The van der Waals surface area contributed by atoms with Gasteiger partial charge in [-0.3, -0.25) is 19.9 Å². The third-order valence-corrected chi connectivity index (χ3v) is 1.71. The molecule has 0 unspecified atom stereocenters. The second kappa shape index (κ2) is 6.67. The number of phosphoric ester groups is 1. The molecule has 0 aromatic heterocycles. The molecule has 7 nitrogen and oxygen atoms in total. The van der Waals surface area contributed by atoms with Gasteiger partial charge in [0.2, 0.25) is 5.75 Å². The number of rotatable bonds is 3. The second-order valence-corrected chi connectivity index (χ2v) is 3.47. The lowest BCUT2D eigenvalue weighted by molar-refractivity contribution is -0.385. The van der Waals surface area contributed by atoms with Gasteiger partial charge in [-0.15, -0.1) is 24.8 Å². The van der Waals surface area contributed by atoms with E-state index in [1.54, 1.807) is 0 Å². The first kappa shape index (κ1) is 17.5. The van der Waals surface area contributed by atoms with Crippen molar-refractivity contribution in [3.8, 4) is 5.75 Å². The van der Waals surface area contributed by atoms with Crippen LogP contribution >= 0.6 is 32.6 Å². The summed E-state index contributed by atoms with van der Waals surface area (Å²) >= 11 is 0. The summed E-state index contributed by atoms with van der Waals surface area (Å²) < 4.78 is 14.5. The van der Waals surface area contributed by atoms with Gasteiger partial charge in [-0.25, -0.2) is 4.57 Å². The summed E-state index contributed by atoms with van der Waals surface area (Å²) in [5.74, 6) is -0.453. The van der Waals surface area contributed by atoms with E-state index < -0.39 is 24.2 Å². The Morgan fingerprint density at radius 2 is 1.75 bits per heavy atom. The smallest absolute Gasteiger partial charge is 0.397 e. The summed E-state index contributed by atoms with van der Waals surface area (Å²) in [6.07, 6.45) is 0. The first-order chi connectivity index (χ1) is 6.40. The number of halogens is 2. The predicted octanol–water partition coefficient (Wildman–Crippen LogP) is 1.91. The SMILES string of the molecule is Cl.Cl.O=[N+]([O-])c1ccccc1OP(=O)(O)O. The Kier molecular flexibility index (Phi) is 7.32. The van der Waals surface area contributed by atoms with Gasteiger partial charge in [0, 0.05) is 6.07 Å². The molecule has 0 saturated carbocycles. The van der Waals surface area contributed by atoms with Crippen molar-refractivity contribution in [2.24, 2.45) is 0 Å². The number of benzene rings is 1. The highest BCUT2D eigenvalue weighted by Gasteiger charge is 2.22. The minimum absolute atomic E-state index is 0. The van der Waals surface area contributed by atoms with Crippen LogP contribution < -0.4 is 4.52 Å². The van der Waals surface area contributed by atoms with Crippen molar-refractivity contribution in [1.82, 2.24) is 0 Å². The van der Waals surface area contributed by atoms with Crippen LogP contribution in [0.15, 0.2) is 24.3 Å². The maximum atomic E-state index is 10.4. The first-order valence-corrected chi connectivity index (χ1v) is 4.92. The van der Waals surface area contributed by atoms with Gasteiger partial charge in [0.1, 0.15) is 0 Å². The number of nitro benzene ring substituents is 1. The maximum Gasteiger partial charge on any atom is 0.525 e. The lowest BCUT2D eigenvalue weighted by atomic mass is 10.3. The molecule has 0 fully saturated rings. The summed E-state index contributed by atoms with van der Waals surface area (Å²) in [6.45, 7) is 0. The quantitative estimate of drug-likeness (QED) is 0.500. The third-order valence-electron chi connectivity index (χ3n) is 1.28. The Balaban J connectivity index is 0. The number of nitro groups is 1. The van der Waals surface area contributed by atoms with Crippen molar-refractivity contribution in [2.45, 2.75) is 0 Å². The molecule has 92 valence electrons. The molecule has 1 aromatic carbocycles. The Morgan fingerprint density at radius 1 is 1.25 bits per heavy atom. The van der Waals surface area contributed by atoms with Gasteiger partial charge in [0.15, 0.2) is 0 Å². The van der Waals surface area contributed by atoms with Crippen LogP contribution in [-0.2, 0) is 4.57 Å². The molecule has 0 heterocycles. The molecule has 0 radical (unpaired) electrons. The fourth-order valence-corrected chi connectivity index (χ4v) is 1.22. The average molecular weight is 292 g/mol. The van der Waals surface area contributed by atoms with E-state index in [0.717, 1.165) is 12.1 Å². The summed E-state index contributed by atoms with van der Waals surface area (Å²) in [6, 6.07) is 4.94. The molecule has 0 saturated heterocycles. The standard InChI is InChI=1S/C6H6NO6P.2ClH/c8-7(9)5-3-1-2-4-6(5)13-14(10,11)12;;/h1-4H,(H2,10,11,12);2*1H. The molecule has 1 rings (SSSR count). The molecule has 1 aromatic rings. The maximum absolute atomic E-state index is 10.4. The van der Waals surface area contributed by atoms with Crippen LogP contribution in [0.3, 0.4) is 0 Å². The summed E-state index contributed by atoms with van der Waals surface area (Å²) in [5, 5.41) is 10.4. The molecule has 0 bridgehead atoms. The van der Waals surface area contributed by atoms with Gasteiger partial charge in [-0.1, -0.05) is 12.1 Å². The molecule has 0 atom stereocenters. The molecule has 0 aliphatic heterocycles. The van der Waals surface area contributed by atoms with Crippen molar-refractivity contribution in [1.29, 1.82) is 0 Å². The van der Waals surface area contributed by atoms with Gasteiger partial charge >= 0.3 is 13.5 Å². The third kappa shape index (κ3) is 5.29. The number of nitrogens with zero attached hydrogens (tertiary/aromatic N) is 1. The fraction of sp³-hybridized carbons (Fsp3) is 0. The van der Waals surface area contributed by atoms with Crippen LogP contribution in [-0.4, -0.2) is 14.7 Å². The van der Waals surface area contributed by atoms with Gasteiger partial charge < -0.3 is 4.52 Å². The van der Waals surface area contributed by atoms with Gasteiger partial charge in [0.05, 0.1) is 4.92 Å². The van der Waals surface area contributed by atoms with Crippen molar-refractivity contribution in [3.05, 3.63) is 34.4 Å². The summed E-state index contributed by atoms with van der Waals surface area (Å²) in [4.78, 5) is 26.5. The second-order valence-electron chi connectivity index (χ2n) is 2.31. The molecular weight excluding hydrogens is 284 g/mol. The number of para-hydroxylation sites is 2. The highest BCUT2D eigenvalue weighted by Crippen LogP contribution is 2.41. The van der Waals surface area contributed by atoms with Crippen LogP contribution in [0.25, 0.3) is 0 Å². The van der Waals surface area contributed by atoms with Gasteiger partial charge in [0.25, 0.3) is 0 Å². The predicted molar refractivity (Wildman–Crippen MR) is 60.3 cm³/mol. The van der Waals surface area contributed by atoms with Crippen LogP contribution in [0.5, 0.6) is 5.75 Å². The van der Waals surface area contributed by atoms with Crippen LogP contribution in [0.1, 0.15) is 0 Å². The lowest BCUT2D eigenvalue weighted by Crippen LogP contribution is -1.95. The van der Waals surface area contributed by atoms with Crippen molar-refractivity contribution in [2.75, 3.05) is 0 Å². The molecular formula is C6H8Cl2NO6P. The number of hydrogen-bond acceptors (Lipinski definition) is 4. The zero-order chi connectivity index (χ0) is 10.8. The molecule has 10 heteroatoms. The number of phosphoric acid groups is 1. The fourth-order valence-electron chi connectivity index (χ4n) is 0.813. The molecule has 2 N–H and O–H groups in total. The highest BCUT2D eigenvalue weighted by atomic mass is 35.5.